The van der Waals surface area contributed by atoms with Gasteiger partial charge in [-0.3, -0.25) is 0 Å². The summed E-state index contributed by atoms with van der Waals surface area (Å²) in [7, 11) is 0. The molecular weight excluding hydrogens is 231 g/mol. The van der Waals surface area contributed by atoms with Gasteiger partial charge in [-0.2, -0.15) is 13.2 Å². The average Bonchev–Trinajstić information content (AvgIpc) is 2.78. The topological polar surface area (TPSA) is 37.0 Å². The molecule has 2 rings (SSSR count). The fourth-order valence-corrected chi connectivity index (χ4v) is 1.93. The summed E-state index contributed by atoms with van der Waals surface area (Å²) in [4.78, 5) is 3.75. The minimum Gasteiger partial charge on any atom is -0.368 e. The van der Waals surface area contributed by atoms with E-state index in [1.807, 2.05) is 0 Å². The molecule has 1 aromatic heterocycles. The Hall–Kier alpha value is -1.30. The van der Waals surface area contributed by atoms with Gasteiger partial charge in [0.15, 0.2) is 0 Å². The summed E-state index contributed by atoms with van der Waals surface area (Å²) in [6, 6.07) is 2.57. The van der Waals surface area contributed by atoms with E-state index in [4.69, 9.17) is 0 Å². The van der Waals surface area contributed by atoms with Crippen LogP contribution in [0, 0.1) is 0 Å². The highest BCUT2D eigenvalue weighted by Crippen LogP contribution is 2.33. The number of hydrogen-bond acceptors (Lipinski definition) is 3. The van der Waals surface area contributed by atoms with E-state index in [9.17, 15) is 13.2 Å². The Morgan fingerprint density at radius 3 is 2.94 bits per heavy atom. The van der Waals surface area contributed by atoms with E-state index in [1.54, 1.807) is 0 Å². The number of hydrogen-bond donors (Lipinski definition) is 2. The zero-order valence-corrected chi connectivity index (χ0v) is 9.22. The maximum Gasteiger partial charge on any atom is 0.419 e. The molecule has 1 fully saturated rings. The second-order valence-electron chi connectivity index (χ2n) is 4.07. The van der Waals surface area contributed by atoms with Crippen molar-refractivity contribution < 1.29 is 13.2 Å². The largest absolute Gasteiger partial charge is 0.419 e. The van der Waals surface area contributed by atoms with Crippen molar-refractivity contribution in [3.63, 3.8) is 0 Å². The molecule has 1 aliphatic rings. The predicted molar refractivity (Wildman–Crippen MR) is 58.8 cm³/mol. The number of halogens is 3. The van der Waals surface area contributed by atoms with Crippen molar-refractivity contribution in [3.8, 4) is 0 Å². The maximum absolute atomic E-state index is 12.7. The normalized spacial score (nSPS) is 20.5. The second kappa shape index (κ2) is 4.91. The zero-order chi connectivity index (χ0) is 12.3. The third-order valence-electron chi connectivity index (χ3n) is 2.79. The molecule has 0 saturated carbocycles. The van der Waals surface area contributed by atoms with E-state index in [2.05, 4.69) is 15.6 Å². The van der Waals surface area contributed by atoms with Gasteiger partial charge in [0.25, 0.3) is 0 Å². The van der Waals surface area contributed by atoms with E-state index in [0.717, 1.165) is 25.5 Å². The fraction of sp³-hybridized carbons (Fsp3) is 0.545. The molecule has 1 aromatic rings. The van der Waals surface area contributed by atoms with Crippen molar-refractivity contribution in [1.29, 1.82) is 0 Å². The molecule has 1 saturated heterocycles. The van der Waals surface area contributed by atoms with Gasteiger partial charge in [0.05, 0.1) is 5.56 Å². The number of pyridine rings is 1. The summed E-state index contributed by atoms with van der Waals surface area (Å²) >= 11 is 0. The fourth-order valence-electron chi connectivity index (χ4n) is 1.93. The Balaban J connectivity index is 2.04. The lowest BCUT2D eigenvalue weighted by atomic mass is 10.2. The number of alkyl halides is 3. The van der Waals surface area contributed by atoms with Gasteiger partial charge in [-0.1, -0.05) is 0 Å². The van der Waals surface area contributed by atoms with Gasteiger partial charge in [0.1, 0.15) is 5.82 Å². The molecule has 0 radical (unpaired) electrons. The Bertz CT molecular complexity index is 372. The van der Waals surface area contributed by atoms with Gasteiger partial charge >= 0.3 is 6.18 Å². The van der Waals surface area contributed by atoms with Crippen LogP contribution in [0.15, 0.2) is 18.3 Å². The molecule has 3 nitrogen and oxygen atoms in total. The van der Waals surface area contributed by atoms with Crippen LogP contribution in [-0.2, 0) is 6.18 Å². The number of nitrogens with zero attached hydrogens (tertiary/aromatic N) is 1. The van der Waals surface area contributed by atoms with E-state index >= 15 is 0 Å². The van der Waals surface area contributed by atoms with Crippen molar-refractivity contribution in [2.75, 3.05) is 18.4 Å². The van der Waals surface area contributed by atoms with Crippen LogP contribution in [0.25, 0.3) is 0 Å². The molecule has 0 amide bonds. The molecule has 17 heavy (non-hydrogen) atoms. The van der Waals surface area contributed by atoms with Crippen molar-refractivity contribution >= 4 is 5.82 Å². The summed E-state index contributed by atoms with van der Waals surface area (Å²) in [6.45, 7) is 1.40. The van der Waals surface area contributed by atoms with Crippen LogP contribution < -0.4 is 10.6 Å². The lowest BCUT2D eigenvalue weighted by Crippen LogP contribution is -2.30. The van der Waals surface area contributed by atoms with Crippen molar-refractivity contribution in [3.05, 3.63) is 23.9 Å². The van der Waals surface area contributed by atoms with Gasteiger partial charge in [0, 0.05) is 18.8 Å². The summed E-state index contributed by atoms with van der Waals surface area (Å²) < 4.78 is 38.0. The lowest BCUT2D eigenvalue weighted by molar-refractivity contribution is -0.137. The molecule has 94 valence electrons. The third-order valence-corrected chi connectivity index (χ3v) is 2.79. The monoisotopic (exact) mass is 245 g/mol. The number of anilines is 1. The van der Waals surface area contributed by atoms with Gasteiger partial charge in [-0.05, 0) is 31.5 Å². The van der Waals surface area contributed by atoms with Crippen molar-refractivity contribution in [2.24, 2.45) is 0 Å². The van der Waals surface area contributed by atoms with Crippen LogP contribution in [0.4, 0.5) is 19.0 Å². The van der Waals surface area contributed by atoms with E-state index in [1.165, 1.54) is 12.3 Å². The Morgan fingerprint density at radius 2 is 2.29 bits per heavy atom. The first-order chi connectivity index (χ1) is 8.07. The summed E-state index contributed by atoms with van der Waals surface area (Å²) in [5.74, 6) is -0.0892. The van der Waals surface area contributed by atoms with Crippen LogP contribution in [0.1, 0.15) is 18.4 Å². The van der Waals surface area contributed by atoms with E-state index in [0.29, 0.717) is 6.54 Å². The molecule has 0 aromatic carbocycles. The summed E-state index contributed by atoms with van der Waals surface area (Å²) in [5, 5.41) is 5.98. The number of nitrogens with one attached hydrogen (secondary N) is 2. The quantitative estimate of drug-likeness (QED) is 0.857. The SMILES string of the molecule is FC(F)(F)c1cccnc1NCC1CCCN1. The van der Waals surface area contributed by atoms with Crippen LogP contribution in [-0.4, -0.2) is 24.1 Å². The van der Waals surface area contributed by atoms with Crippen molar-refractivity contribution in [2.45, 2.75) is 25.1 Å². The average molecular weight is 245 g/mol. The summed E-state index contributed by atoms with van der Waals surface area (Å²) in [6.07, 6.45) is -0.943. The molecule has 1 atom stereocenters. The molecule has 6 heteroatoms. The highest BCUT2D eigenvalue weighted by molar-refractivity contribution is 5.45. The van der Waals surface area contributed by atoms with E-state index < -0.39 is 11.7 Å². The first-order valence-electron chi connectivity index (χ1n) is 5.57. The smallest absolute Gasteiger partial charge is 0.368 e. The van der Waals surface area contributed by atoms with Crippen LogP contribution in [0.2, 0.25) is 0 Å². The minimum absolute atomic E-state index is 0.0892. The van der Waals surface area contributed by atoms with E-state index in [-0.39, 0.29) is 11.9 Å². The highest BCUT2D eigenvalue weighted by atomic mass is 19.4. The molecule has 1 aliphatic heterocycles. The van der Waals surface area contributed by atoms with Gasteiger partial charge in [-0.15, -0.1) is 0 Å². The molecule has 2 heterocycles. The van der Waals surface area contributed by atoms with Crippen LogP contribution >= 0.6 is 0 Å². The van der Waals surface area contributed by atoms with Crippen LogP contribution in [0.3, 0.4) is 0 Å². The maximum atomic E-state index is 12.7. The number of rotatable bonds is 3. The van der Waals surface area contributed by atoms with Gasteiger partial charge < -0.3 is 10.6 Å². The highest BCUT2D eigenvalue weighted by Gasteiger charge is 2.34. The molecule has 0 aliphatic carbocycles. The second-order valence-corrected chi connectivity index (χ2v) is 4.07. The zero-order valence-electron chi connectivity index (χ0n) is 9.22. The standard InChI is InChI=1S/C11H14F3N3/c12-11(13,14)9-4-2-6-16-10(9)17-7-8-3-1-5-15-8/h2,4,6,8,15H,1,3,5,7H2,(H,16,17). The Kier molecular flexibility index (Phi) is 3.51. The minimum atomic E-state index is -4.36. The van der Waals surface area contributed by atoms with Crippen molar-refractivity contribution in [1.82, 2.24) is 10.3 Å². The first kappa shape index (κ1) is 12.2. The molecule has 0 bridgehead atoms. The van der Waals surface area contributed by atoms with Gasteiger partial charge in [0.2, 0.25) is 0 Å². The Labute approximate surface area is 97.4 Å². The predicted octanol–water partition coefficient (Wildman–Crippen LogP) is 2.26. The molecular formula is C11H14F3N3. The lowest BCUT2D eigenvalue weighted by Gasteiger charge is -2.15. The first-order valence-corrected chi connectivity index (χ1v) is 5.57. The Morgan fingerprint density at radius 1 is 1.47 bits per heavy atom. The number of aromatic nitrogens is 1. The molecule has 2 N–H and O–H groups in total. The van der Waals surface area contributed by atoms with Crippen LogP contribution in [0.5, 0.6) is 0 Å². The van der Waals surface area contributed by atoms with Gasteiger partial charge in [-0.25, -0.2) is 4.98 Å². The molecule has 0 spiro atoms. The molecule has 1 unspecified atom stereocenters. The summed E-state index contributed by atoms with van der Waals surface area (Å²) in [5.41, 5.74) is -0.710. The third kappa shape index (κ3) is 3.09.